The molecule has 0 spiro atoms. The van der Waals surface area contributed by atoms with Crippen LogP contribution >= 0.6 is 11.3 Å². The zero-order chi connectivity index (χ0) is 13.2. The maximum absolute atomic E-state index is 12.0. The van der Waals surface area contributed by atoms with Gasteiger partial charge in [-0.25, -0.2) is 13.1 Å². The summed E-state index contributed by atoms with van der Waals surface area (Å²) in [6, 6.07) is 3.31. The van der Waals surface area contributed by atoms with Crippen molar-refractivity contribution in [2.45, 2.75) is 35.6 Å². The van der Waals surface area contributed by atoms with Crippen LogP contribution in [0.4, 0.5) is 0 Å². The maximum Gasteiger partial charge on any atom is 0.250 e. The van der Waals surface area contributed by atoms with Gasteiger partial charge >= 0.3 is 0 Å². The lowest BCUT2D eigenvalue weighted by Gasteiger charge is -2.34. The highest BCUT2D eigenvalue weighted by molar-refractivity contribution is 7.91. The Kier molecular flexibility index (Phi) is 4.39. The predicted octanol–water partition coefficient (Wildman–Crippen LogP) is 0.739. The van der Waals surface area contributed by atoms with E-state index in [-0.39, 0.29) is 18.8 Å². The quantitative estimate of drug-likeness (QED) is 0.810. The second kappa shape index (κ2) is 5.66. The Balaban J connectivity index is 1.97. The molecule has 0 saturated heterocycles. The number of aliphatic hydroxyl groups is 1. The van der Waals surface area contributed by atoms with E-state index in [1.54, 1.807) is 19.2 Å². The Hall–Kier alpha value is -0.470. The fourth-order valence-electron chi connectivity index (χ4n) is 1.88. The highest BCUT2D eigenvalue weighted by atomic mass is 32.2. The van der Waals surface area contributed by atoms with E-state index in [4.69, 9.17) is 9.84 Å². The largest absolute Gasteiger partial charge is 0.396 e. The molecule has 0 atom stereocenters. The number of ether oxygens (including phenoxy) is 1. The van der Waals surface area contributed by atoms with Gasteiger partial charge in [-0.1, -0.05) is 0 Å². The molecule has 0 bridgehead atoms. The Morgan fingerprint density at radius 1 is 1.50 bits per heavy atom. The van der Waals surface area contributed by atoms with Gasteiger partial charge in [0.05, 0.1) is 6.10 Å². The molecule has 102 valence electrons. The van der Waals surface area contributed by atoms with Crippen molar-refractivity contribution in [3.05, 3.63) is 17.0 Å². The molecule has 18 heavy (non-hydrogen) atoms. The van der Waals surface area contributed by atoms with Crippen LogP contribution < -0.4 is 4.72 Å². The standard InChI is InChI=1S/C11H17NO4S2/c1-16-9-6-8(7-9)12-18(14,15)11-3-2-10(17-11)4-5-13/h2-3,8-9,12-13H,4-7H2,1H3. The number of thiophene rings is 1. The summed E-state index contributed by atoms with van der Waals surface area (Å²) in [7, 11) is -1.78. The normalized spacial score (nSPS) is 23.9. The lowest BCUT2D eigenvalue weighted by atomic mass is 9.90. The molecule has 1 saturated carbocycles. The SMILES string of the molecule is COC1CC(NS(=O)(=O)c2ccc(CCO)s2)C1. The van der Waals surface area contributed by atoms with E-state index in [2.05, 4.69) is 4.72 Å². The van der Waals surface area contributed by atoms with Crippen molar-refractivity contribution in [3.63, 3.8) is 0 Å². The fraction of sp³-hybridized carbons (Fsp3) is 0.636. The highest BCUT2D eigenvalue weighted by Gasteiger charge is 2.33. The Labute approximate surface area is 111 Å². The second-order valence-electron chi connectivity index (χ2n) is 4.34. The van der Waals surface area contributed by atoms with Crippen LogP contribution in [0.2, 0.25) is 0 Å². The van der Waals surface area contributed by atoms with Crippen LogP contribution in [0.5, 0.6) is 0 Å². The van der Waals surface area contributed by atoms with E-state index in [9.17, 15) is 8.42 Å². The first-order chi connectivity index (χ1) is 8.55. The van der Waals surface area contributed by atoms with Crippen molar-refractivity contribution in [3.8, 4) is 0 Å². The van der Waals surface area contributed by atoms with Crippen molar-refractivity contribution < 1.29 is 18.3 Å². The summed E-state index contributed by atoms with van der Waals surface area (Å²) < 4.78 is 32.2. The first-order valence-electron chi connectivity index (χ1n) is 5.80. The van der Waals surface area contributed by atoms with E-state index in [1.807, 2.05) is 0 Å². The molecule has 1 aromatic heterocycles. The van der Waals surface area contributed by atoms with E-state index < -0.39 is 10.0 Å². The van der Waals surface area contributed by atoms with Crippen LogP contribution in [0.25, 0.3) is 0 Å². The van der Waals surface area contributed by atoms with Crippen LogP contribution in [-0.2, 0) is 21.2 Å². The number of hydrogen-bond donors (Lipinski definition) is 2. The average Bonchev–Trinajstić information content (AvgIpc) is 2.72. The van der Waals surface area contributed by atoms with E-state index in [0.717, 1.165) is 17.7 Å². The van der Waals surface area contributed by atoms with Gasteiger partial charge in [-0.05, 0) is 25.0 Å². The van der Waals surface area contributed by atoms with Crippen molar-refractivity contribution in [2.24, 2.45) is 0 Å². The lowest BCUT2D eigenvalue weighted by molar-refractivity contribution is 0.0236. The zero-order valence-corrected chi connectivity index (χ0v) is 11.8. The zero-order valence-electron chi connectivity index (χ0n) is 10.1. The van der Waals surface area contributed by atoms with Gasteiger partial charge in [0, 0.05) is 31.1 Å². The van der Waals surface area contributed by atoms with Gasteiger partial charge in [-0.2, -0.15) is 0 Å². The number of sulfonamides is 1. The number of hydrogen-bond acceptors (Lipinski definition) is 5. The first kappa shape index (κ1) is 14.0. The van der Waals surface area contributed by atoms with E-state index >= 15 is 0 Å². The molecule has 1 aliphatic carbocycles. The van der Waals surface area contributed by atoms with Crippen molar-refractivity contribution in [2.75, 3.05) is 13.7 Å². The van der Waals surface area contributed by atoms with Gasteiger partial charge in [0.25, 0.3) is 0 Å². The molecule has 1 fully saturated rings. The molecule has 5 nitrogen and oxygen atoms in total. The topological polar surface area (TPSA) is 75.6 Å². The summed E-state index contributed by atoms with van der Waals surface area (Å²) >= 11 is 1.21. The minimum atomic E-state index is -3.42. The van der Waals surface area contributed by atoms with E-state index in [0.29, 0.717) is 10.6 Å². The van der Waals surface area contributed by atoms with Gasteiger partial charge in [0.15, 0.2) is 0 Å². The monoisotopic (exact) mass is 291 g/mol. The van der Waals surface area contributed by atoms with Crippen LogP contribution in [0.1, 0.15) is 17.7 Å². The number of nitrogens with one attached hydrogen (secondary N) is 1. The van der Waals surface area contributed by atoms with Crippen molar-refractivity contribution in [1.82, 2.24) is 4.72 Å². The second-order valence-corrected chi connectivity index (χ2v) is 7.45. The Morgan fingerprint density at radius 2 is 2.22 bits per heavy atom. The third kappa shape index (κ3) is 3.10. The van der Waals surface area contributed by atoms with Crippen LogP contribution in [0.3, 0.4) is 0 Å². The third-order valence-corrected chi connectivity index (χ3v) is 6.17. The van der Waals surface area contributed by atoms with Gasteiger partial charge in [0.1, 0.15) is 4.21 Å². The third-order valence-electron chi connectivity index (χ3n) is 3.01. The number of methoxy groups -OCH3 is 1. The molecular weight excluding hydrogens is 274 g/mol. The fourth-order valence-corrected chi connectivity index (χ4v) is 4.50. The van der Waals surface area contributed by atoms with Gasteiger partial charge < -0.3 is 9.84 Å². The number of aliphatic hydroxyl groups excluding tert-OH is 1. The molecule has 0 radical (unpaired) electrons. The molecule has 0 unspecified atom stereocenters. The predicted molar refractivity (Wildman–Crippen MR) is 69.2 cm³/mol. The highest BCUT2D eigenvalue weighted by Crippen LogP contribution is 2.27. The molecule has 0 amide bonds. The first-order valence-corrected chi connectivity index (χ1v) is 8.10. The smallest absolute Gasteiger partial charge is 0.250 e. The van der Waals surface area contributed by atoms with Crippen molar-refractivity contribution in [1.29, 1.82) is 0 Å². The Bertz CT molecular complexity index is 491. The van der Waals surface area contributed by atoms with Gasteiger partial charge in [0.2, 0.25) is 10.0 Å². The van der Waals surface area contributed by atoms with Gasteiger partial charge in [-0.3, -0.25) is 0 Å². The molecule has 1 aromatic rings. The molecular formula is C11H17NO4S2. The summed E-state index contributed by atoms with van der Waals surface area (Å²) in [6.45, 7) is 0.0333. The summed E-state index contributed by atoms with van der Waals surface area (Å²) in [4.78, 5) is 0.876. The van der Waals surface area contributed by atoms with Crippen LogP contribution in [0.15, 0.2) is 16.3 Å². The molecule has 7 heteroatoms. The van der Waals surface area contributed by atoms with E-state index in [1.165, 1.54) is 11.3 Å². The molecule has 2 rings (SSSR count). The van der Waals surface area contributed by atoms with Crippen LogP contribution in [0, 0.1) is 0 Å². The summed E-state index contributed by atoms with van der Waals surface area (Å²) in [5.74, 6) is 0. The summed E-state index contributed by atoms with van der Waals surface area (Å²) in [5.41, 5.74) is 0. The molecule has 1 heterocycles. The minimum Gasteiger partial charge on any atom is -0.396 e. The van der Waals surface area contributed by atoms with Crippen LogP contribution in [-0.4, -0.2) is 39.4 Å². The lowest BCUT2D eigenvalue weighted by Crippen LogP contribution is -2.47. The maximum atomic E-state index is 12.0. The van der Waals surface area contributed by atoms with Gasteiger partial charge in [-0.15, -0.1) is 11.3 Å². The molecule has 2 N–H and O–H groups in total. The molecule has 0 aliphatic heterocycles. The number of rotatable bonds is 6. The molecule has 0 aromatic carbocycles. The molecule has 1 aliphatic rings. The Morgan fingerprint density at radius 3 is 2.83 bits per heavy atom. The van der Waals surface area contributed by atoms with Crippen molar-refractivity contribution >= 4 is 21.4 Å². The summed E-state index contributed by atoms with van der Waals surface area (Å²) in [6.07, 6.45) is 2.12. The summed E-state index contributed by atoms with van der Waals surface area (Å²) in [5, 5.41) is 8.81. The average molecular weight is 291 g/mol. The minimum absolute atomic E-state index is 0.0247.